The van der Waals surface area contributed by atoms with E-state index in [1.807, 2.05) is 25.7 Å². The summed E-state index contributed by atoms with van der Waals surface area (Å²) in [6, 6.07) is 0. The molecule has 4 nitrogen and oxygen atoms in total. The molecule has 1 fully saturated rings. The van der Waals surface area contributed by atoms with Crippen molar-refractivity contribution in [3.8, 4) is 0 Å². The number of rotatable bonds is 4. The highest BCUT2D eigenvalue weighted by atomic mass is 16.5. The van der Waals surface area contributed by atoms with Gasteiger partial charge in [0, 0.05) is 38.1 Å². The zero-order chi connectivity index (χ0) is 13.8. The fourth-order valence-corrected chi connectivity index (χ4v) is 2.07. The Morgan fingerprint density at radius 3 is 2.17 bits per heavy atom. The quantitative estimate of drug-likeness (QED) is 0.766. The van der Waals surface area contributed by atoms with Crippen LogP contribution in [0.25, 0.3) is 0 Å². The molecule has 106 valence electrons. The third-order valence-corrected chi connectivity index (χ3v) is 3.16. The molecule has 1 rings (SSSR count). The van der Waals surface area contributed by atoms with Gasteiger partial charge in [-0.25, -0.2) is 0 Å². The molecule has 1 heterocycles. The lowest BCUT2D eigenvalue weighted by molar-refractivity contribution is -0.141. The largest absolute Gasteiger partial charge is 0.377 e. The number of piperazine rings is 1. The molecule has 0 aromatic carbocycles. The minimum Gasteiger partial charge on any atom is -0.377 e. The molecule has 4 heteroatoms. The Bertz CT molecular complexity index is 263. The zero-order valence-electron chi connectivity index (χ0n) is 12.5. The van der Waals surface area contributed by atoms with Crippen LogP contribution in [0.5, 0.6) is 0 Å². The summed E-state index contributed by atoms with van der Waals surface area (Å²) in [7, 11) is 0. The smallest absolute Gasteiger partial charge is 0.228 e. The van der Waals surface area contributed by atoms with Gasteiger partial charge in [-0.1, -0.05) is 20.8 Å². The Kier molecular flexibility index (Phi) is 5.60. The van der Waals surface area contributed by atoms with Crippen molar-refractivity contribution in [1.82, 2.24) is 9.80 Å². The van der Waals surface area contributed by atoms with Crippen LogP contribution in [0.3, 0.4) is 0 Å². The fourth-order valence-electron chi connectivity index (χ4n) is 2.07. The lowest BCUT2D eigenvalue weighted by atomic mass is 9.94. The molecule has 0 saturated carbocycles. The van der Waals surface area contributed by atoms with E-state index in [4.69, 9.17) is 4.74 Å². The van der Waals surface area contributed by atoms with Crippen molar-refractivity contribution in [2.45, 2.75) is 40.7 Å². The molecule has 0 unspecified atom stereocenters. The molecule has 0 atom stereocenters. The maximum atomic E-state index is 12.1. The number of hydrogen-bond donors (Lipinski definition) is 0. The molecule has 0 aromatic heterocycles. The van der Waals surface area contributed by atoms with Crippen LogP contribution in [0.4, 0.5) is 0 Å². The third kappa shape index (κ3) is 4.94. The highest BCUT2D eigenvalue weighted by Crippen LogP contribution is 2.18. The molecule has 0 aromatic rings. The van der Waals surface area contributed by atoms with E-state index >= 15 is 0 Å². The van der Waals surface area contributed by atoms with Crippen LogP contribution in [0.1, 0.15) is 34.6 Å². The molecule has 1 aliphatic heterocycles. The van der Waals surface area contributed by atoms with Crippen molar-refractivity contribution in [3.63, 3.8) is 0 Å². The SMILES string of the molecule is CC(C)OCCN1CCN(C(=O)C(C)(C)C)CC1. The summed E-state index contributed by atoms with van der Waals surface area (Å²) in [5, 5.41) is 0. The standard InChI is InChI=1S/C14H28N2O2/c1-12(2)18-11-10-15-6-8-16(9-7-15)13(17)14(3,4)5/h12H,6-11H2,1-5H3. The maximum absolute atomic E-state index is 12.1. The van der Waals surface area contributed by atoms with Gasteiger partial charge in [0.25, 0.3) is 0 Å². The van der Waals surface area contributed by atoms with Gasteiger partial charge in [0.1, 0.15) is 0 Å². The molecule has 1 aliphatic rings. The predicted molar refractivity (Wildman–Crippen MR) is 73.6 cm³/mol. The van der Waals surface area contributed by atoms with Gasteiger partial charge in [-0.2, -0.15) is 0 Å². The fraction of sp³-hybridized carbons (Fsp3) is 0.929. The highest BCUT2D eigenvalue weighted by Gasteiger charge is 2.29. The van der Waals surface area contributed by atoms with Crippen molar-refractivity contribution < 1.29 is 9.53 Å². The van der Waals surface area contributed by atoms with Gasteiger partial charge in [-0.3, -0.25) is 9.69 Å². The number of carbonyl (C=O) groups is 1. The first-order chi connectivity index (χ1) is 8.30. The van der Waals surface area contributed by atoms with Crippen LogP contribution < -0.4 is 0 Å². The second-order valence-electron chi connectivity index (χ2n) is 6.30. The molecule has 18 heavy (non-hydrogen) atoms. The van der Waals surface area contributed by atoms with E-state index in [-0.39, 0.29) is 11.3 Å². The second kappa shape index (κ2) is 6.53. The van der Waals surface area contributed by atoms with E-state index in [0.29, 0.717) is 6.10 Å². The molecule has 1 saturated heterocycles. The van der Waals surface area contributed by atoms with Crippen molar-refractivity contribution in [1.29, 1.82) is 0 Å². The van der Waals surface area contributed by atoms with Gasteiger partial charge in [0.2, 0.25) is 5.91 Å². The van der Waals surface area contributed by atoms with E-state index in [1.54, 1.807) is 0 Å². The van der Waals surface area contributed by atoms with E-state index < -0.39 is 0 Å². The van der Waals surface area contributed by atoms with Crippen molar-refractivity contribution in [2.24, 2.45) is 5.41 Å². The van der Waals surface area contributed by atoms with Crippen LogP contribution in [-0.2, 0) is 9.53 Å². The van der Waals surface area contributed by atoms with Crippen molar-refractivity contribution in [3.05, 3.63) is 0 Å². The average molecular weight is 256 g/mol. The number of ether oxygens (including phenoxy) is 1. The summed E-state index contributed by atoms with van der Waals surface area (Å²) in [6.07, 6.45) is 0.300. The van der Waals surface area contributed by atoms with E-state index in [1.165, 1.54) is 0 Å². The van der Waals surface area contributed by atoms with Crippen LogP contribution in [0, 0.1) is 5.41 Å². The lowest BCUT2D eigenvalue weighted by Crippen LogP contribution is -2.52. The Balaban J connectivity index is 2.27. The first kappa shape index (κ1) is 15.4. The Hall–Kier alpha value is -0.610. The summed E-state index contributed by atoms with van der Waals surface area (Å²) in [4.78, 5) is 16.5. The molecular weight excluding hydrogens is 228 g/mol. The number of nitrogens with zero attached hydrogens (tertiary/aromatic N) is 2. The van der Waals surface area contributed by atoms with Crippen LogP contribution in [-0.4, -0.2) is 61.1 Å². The summed E-state index contributed by atoms with van der Waals surface area (Å²) in [5.74, 6) is 0.264. The van der Waals surface area contributed by atoms with E-state index in [2.05, 4.69) is 18.7 Å². The minimum absolute atomic E-state index is 0.261. The summed E-state index contributed by atoms with van der Waals surface area (Å²) >= 11 is 0. The van der Waals surface area contributed by atoms with Crippen LogP contribution >= 0.6 is 0 Å². The maximum Gasteiger partial charge on any atom is 0.228 e. The van der Waals surface area contributed by atoms with Crippen molar-refractivity contribution in [2.75, 3.05) is 39.3 Å². The van der Waals surface area contributed by atoms with Crippen LogP contribution in [0.15, 0.2) is 0 Å². The van der Waals surface area contributed by atoms with E-state index in [0.717, 1.165) is 39.3 Å². The van der Waals surface area contributed by atoms with Gasteiger partial charge in [0.15, 0.2) is 0 Å². The highest BCUT2D eigenvalue weighted by molar-refractivity contribution is 5.81. The lowest BCUT2D eigenvalue weighted by Gasteiger charge is -2.37. The Labute approximate surface area is 111 Å². The second-order valence-corrected chi connectivity index (χ2v) is 6.30. The monoisotopic (exact) mass is 256 g/mol. The topological polar surface area (TPSA) is 32.8 Å². The summed E-state index contributed by atoms with van der Waals surface area (Å²) < 4.78 is 5.55. The Morgan fingerprint density at radius 2 is 1.72 bits per heavy atom. The van der Waals surface area contributed by atoms with Gasteiger partial charge in [0.05, 0.1) is 12.7 Å². The van der Waals surface area contributed by atoms with Gasteiger partial charge < -0.3 is 9.64 Å². The molecule has 0 radical (unpaired) electrons. The van der Waals surface area contributed by atoms with Gasteiger partial charge in [-0.05, 0) is 13.8 Å². The summed E-state index contributed by atoms with van der Waals surface area (Å²) in [5.41, 5.74) is -0.261. The predicted octanol–water partition coefficient (Wildman–Crippen LogP) is 1.60. The van der Waals surface area contributed by atoms with Gasteiger partial charge >= 0.3 is 0 Å². The Morgan fingerprint density at radius 1 is 1.17 bits per heavy atom. The molecule has 0 spiro atoms. The third-order valence-electron chi connectivity index (χ3n) is 3.16. The molecule has 0 bridgehead atoms. The summed E-state index contributed by atoms with van der Waals surface area (Å²) in [6.45, 7) is 15.4. The van der Waals surface area contributed by atoms with Crippen LogP contribution in [0.2, 0.25) is 0 Å². The molecule has 1 amide bonds. The van der Waals surface area contributed by atoms with Crippen molar-refractivity contribution >= 4 is 5.91 Å². The minimum atomic E-state index is -0.261. The van der Waals surface area contributed by atoms with E-state index in [9.17, 15) is 4.79 Å². The first-order valence-corrected chi connectivity index (χ1v) is 6.94. The van der Waals surface area contributed by atoms with Gasteiger partial charge in [-0.15, -0.1) is 0 Å². The first-order valence-electron chi connectivity index (χ1n) is 6.94. The molecule has 0 N–H and O–H groups in total. The molecular formula is C14H28N2O2. The average Bonchev–Trinajstić information content (AvgIpc) is 2.27. The molecule has 0 aliphatic carbocycles. The number of carbonyl (C=O) groups excluding carboxylic acids is 1. The zero-order valence-corrected chi connectivity index (χ0v) is 12.5. The number of amides is 1. The normalized spacial score (nSPS) is 18.4. The number of hydrogen-bond acceptors (Lipinski definition) is 3.